The zero-order valence-electron chi connectivity index (χ0n) is 27.0. The van der Waals surface area contributed by atoms with E-state index in [1.165, 1.54) is 25.7 Å². The lowest BCUT2D eigenvalue weighted by Gasteiger charge is -2.30. The summed E-state index contributed by atoms with van der Waals surface area (Å²) in [6.45, 7) is 12.0. The molecule has 40 heavy (non-hydrogen) atoms. The van der Waals surface area contributed by atoms with Crippen LogP contribution in [0.25, 0.3) is 0 Å². The second-order valence-corrected chi connectivity index (χ2v) is 11.7. The van der Waals surface area contributed by atoms with Gasteiger partial charge in [0.2, 0.25) is 0 Å². The van der Waals surface area contributed by atoms with Crippen LogP contribution in [0.3, 0.4) is 0 Å². The standard InChI is InChI=1S/C34H62O6/c1-7-13-17-19-21-23-25-29(35)33(11-5,27-15-9-3)31(37)39-40-32(38)34(12-6,28-16-10-4)30(36)26-24-22-20-18-14-8-2/h7-28H2,1-6H3. The average Bonchev–Trinajstić information content (AvgIpc) is 2.96. The number of carbonyl (C=O) groups excluding carboxylic acids is 4. The Morgan fingerprint density at radius 1 is 0.425 bits per heavy atom. The minimum Gasteiger partial charge on any atom is -0.298 e. The van der Waals surface area contributed by atoms with Gasteiger partial charge >= 0.3 is 11.9 Å². The topological polar surface area (TPSA) is 86.7 Å². The van der Waals surface area contributed by atoms with E-state index in [1.54, 1.807) is 0 Å². The number of ketones is 2. The van der Waals surface area contributed by atoms with Gasteiger partial charge in [-0.2, -0.15) is 0 Å². The lowest BCUT2D eigenvalue weighted by Crippen LogP contribution is -2.44. The smallest absolute Gasteiger partial charge is 0.298 e. The third-order valence-corrected chi connectivity index (χ3v) is 8.68. The Bertz CT molecular complexity index is 657. The summed E-state index contributed by atoms with van der Waals surface area (Å²) in [5.74, 6) is -1.85. The molecule has 0 N–H and O–H groups in total. The first-order valence-electron chi connectivity index (χ1n) is 16.8. The van der Waals surface area contributed by atoms with Crippen LogP contribution in [0.4, 0.5) is 0 Å². The molecular weight excluding hydrogens is 504 g/mol. The Balaban J connectivity index is 5.47. The Labute approximate surface area is 246 Å². The molecule has 0 saturated carbocycles. The number of carbonyl (C=O) groups is 4. The predicted octanol–water partition coefficient (Wildman–Crippen LogP) is 9.80. The van der Waals surface area contributed by atoms with Crippen LogP contribution in [0.15, 0.2) is 0 Å². The zero-order chi connectivity index (χ0) is 30.3. The fourth-order valence-corrected chi connectivity index (χ4v) is 5.55. The molecule has 0 spiro atoms. The van der Waals surface area contributed by atoms with Gasteiger partial charge in [0, 0.05) is 12.8 Å². The molecule has 0 aromatic rings. The van der Waals surface area contributed by atoms with E-state index < -0.39 is 22.8 Å². The van der Waals surface area contributed by atoms with Gasteiger partial charge in [0.05, 0.1) is 0 Å². The predicted molar refractivity (Wildman–Crippen MR) is 163 cm³/mol. The first kappa shape index (κ1) is 38.3. The maximum Gasteiger partial charge on any atom is 0.368 e. The minimum atomic E-state index is -1.32. The first-order chi connectivity index (χ1) is 19.3. The van der Waals surface area contributed by atoms with E-state index in [-0.39, 0.29) is 11.6 Å². The van der Waals surface area contributed by atoms with Crippen molar-refractivity contribution in [2.24, 2.45) is 10.8 Å². The Kier molecular flexibility index (Phi) is 21.9. The van der Waals surface area contributed by atoms with Gasteiger partial charge in [0.25, 0.3) is 0 Å². The summed E-state index contributed by atoms with van der Waals surface area (Å²) < 4.78 is 0. The zero-order valence-corrected chi connectivity index (χ0v) is 27.0. The number of rotatable bonds is 26. The summed E-state index contributed by atoms with van der Waals surface area (Å²) in [7, 11) is 0. The van der Waals surface area contributed by atoms with E-state index in [1.807, 2.05) is 27.7 Å². The van der Waals surface area contributed by atoms with Crippen LogP contribution in [0.2, 0.25) is 0 Å². The molecule has 0 radical (unpaired) electrons. The third-order valence-electron chi connectivity index (χ3n) is 8.68. The summed E-state index contributed by atoms with van der Waals surface area (Å²) in [4.78, 5) is 64.0. The van der Waals surface area contributed by atoms with Crippen LogP contribution in [0.5, 0.6) is 0 Å². The van der Waals surface area contributed by atoms with Gasteiger partial charge in [-0.1, -0.05) is 131 Å². The van der Waals surface area contributed by atoms with Crippen LogP contribution >= 0.6 is 0 Å². The Morgan fingerprint density at radius 3 is 1.02 bits per heavy atom. The highest BCUT2D eigenvalue weighted by molar-refractivity contribution is 6.05. The summed E-state index contributed by atoms with van der Waals surface area (Å²) in [6, 6.07) is 0. The molecule has 0 aromatic heterocycles. The highest BCUT2D eigenvalue weighted by Gasteiger charge is 2.48. The fraction of sp³-hybridized carbons (Fsp3) is 0.882. The van der Waals surface area contributed by atoms with E-state index in [4.69, 9.17) is 9.78 Å². The third kappa shape index (κ3) is 12.9. The molecule has 0 heterocycles. The molecule has 2 atom stereocenters. The Morgan fingerprint density at radius 2 is 0.725 bits per heavy atom. The molecule has 0 fully saturated rings. The van der Waals surface area contributed by atoms with Crippen LogP contribution in [-0.4, -0.2) is 23.5 Å². The summed E-state index contributed by atoms with van der Waals surface area (Å²) in [6.07, 6.45) is 17.7. The van der Waals surface area contributed by atoms with Gasteiger partial charge in [-0.3, -0.25) is 9.59 Å². The quantitative estimate of drug-likeness (QED) is 0.0448. The molecule has 0 aliphatic heterocycles. The van der Waals surface area contributed by atoms with Gasteiger partial charge in [-0.15, -0.1) is 0 Å². The number of hydrogen-bond donors (Lipinski definition) is 0. The van der Waals surface area contributed by atoms with Gasteiger partial charge in [0.15, 0.2) is 0 Å². The van der Waals surface area contributed by atoms with E-state index in [9.17, 15) is 19.2 Å². The summed E-state index contributed by atoms with van der Waals surface area (Å²) >= 11 is 0. The van der Waals surface area contributed by atoms with E-state index in [2.05, 4.69) is 13.8 Å². The van der Waals surface area contributed by atoms with Gasteiger partial charge in [0.1, 0.15) is 22.4 Å². The minimum absolute atomic E-state index is 0.133. The number of hydrogen-bond acceptors (Lipinski definition) is 6. The molecule has 6 nitrogen and oxygen atoms in total. The molecule has 0 amide bonds. The van der Waals surface area contributed by atoms with Crippen LogP contribution in [0, 0.1) is 10.8 Å². The first-order valence-corrected chi connectivity index (χ1v) is 16.8. The highest BCUT2D eigenvalue weighted by atomic mass is 17.2. The lowest BCUT2D eigenvalue weighted by atomic mass is 9.74. The van der Waals surface area contributed by atoms with Crippen molar-refractivity contribution in [3.63, 3.8) is 0 Å². The van der Waals surface area contributed by atoms with Crippen LogP contribution < -0.4 is 0 Å². The van der Waals surface area contributed by atoms with Crippen molar-refractivity contribution in [3.8, 4) is 0 Å². The molecule has 0 aromatic carbocycles. The Hall–Kier alpha value is -1.72. The van der Waals surface area contributed by atoms with Crippen molar-refractivity contribution in [3.05, 3.63) is 0 Å². The summed E-state index contributed by atoms with van der Waals surface area (Å²) in [5, 5.41) is 0. The largest absolute Gasteiger partial charge is 0.368 e. The molecule has 0 bridgehead atoms. The molecule has 0 saturated heterocycles. The van der Waals surface area contributed by atoms with Crippen LogP contribution in [-0.2, 0) is 29.0 Å². The molecule has 6 heteroatoms. The van der Waals surface area contributed by atoms with E-state index >= 15 is 0 Å². The number of Topliss-reactive ketones (excluding diaryl/α,β-unsaturated/α-hetero) is 2. The van der Waals surface area contributed by atoms with Gasteiger partial charge in [-0.25, -0.2) is 19.4 Å². The normalized spacial score (nSPS) is 14.2. The van der Waals surface area contributed by atoms with Crippen molar-refractivity contribution in [2.45, 2.75) is 183 Å². The summed E-state index contributed by atoms with van der Waals surface area (Å²) in [5.41, 5.74) is -2.64. The number of unbranched alkanes of at least 4 members (excludes halogenated alkanes) is 12. The van der Waals surface area contributed by atoms with Crippen molar-refractivity contribution >= 4 is 23.5 Å². The van der Waals surface area contributed by atoms with Crippen molar-refractivity contribution in [1.82, 2.24) is 0 Å². The highest BCUT2D eigenvalue weighted by Crippen LogP contribution is 2.37. The van der Waals surface area contributed by atoms with E-state index in [0.29, 0.717) is 51.4 Å². The van der Waals surface area contributed by atoms with Crippen molar-refractivity contribution < 1.29 is 29.0 Å². The maximum atomic E-state index is 13.4. The van der Waals surface area contributed by atoms with Crippen molar-refractivity contribution in [1.29, 1.82) is 0 Å². The lowest BCUT2D eigenvalue weighted by molar-refractivity contribution is -0.272. The molecule has 0 aliphatic carbocycles. The second kappa shape index (κ2) is 22.9. The van der Waals surface area contributed by atoms with E-state index in [0.717, 1.165) is 64.2 Å². The van der Waals surface area contributed by atoms with Crippen LogP contribution in [0.1, 0.15) is 183 Å². The monoisotopic (exact) mass is 566 g/mol. The van der Waals surface area contributed by atoms with Gasteiger partial charge < -0.3 is 0 Å². The molecular formula is C34H62O6. The average molecular weight is 567 g/mol. The van der Waals surface area contributed by atoms with Crippen molar-refractivity contribution in [2.75, 3.05) is 0 Å². The van der Waals surface area contributed by atoms with Gasteiger partial charge in [-0.05, 0) is 38.5 Å². The molecule has 2 unspecified atom stereocenters. The maximum absolute atomic E-state index is 13.4. The fourth-order valence-electron chi connectivity index (χ4n) is 5.55. The SMILES string of the molecule is CCCCCCCCC(=O)C(CC)(CCCC)C(=O)OOC(=O)C(CC)(CCCC)C(=O)CCCCCCCC. The molecule has 234 valence electrons. The molecule has 0 aliphatic rings. The second-order valence-electron chi connectivity index (χ2n) is 11.7. The molecule has 0 rings (SSSR count).